The van der Waals surface area contributed by atoms with Crippen LogP contribution in [0.1, 0.15) is 0 Å². The Balaban J connectivity index is 1.83. The van der Waals surface area contributed by atoms with E-state index in [1.807, 2.05) is 7.05 Å². The molecule has 18 heavy (non-hydrogen) atoms. The minimum atomic E-state index is 0.497. The third-order valence-corrected chi connectivity index (χ3v) is 3.38. The van der Waals surface area contributed by atoms with Crippen molar-refractivity contribution in [3.05, 3.63) is 10.3 Å². The van der Waals surface area contributed by atoms with Crippen LogP contribution in [-0.2, 0) is 11.8 Å². The third kappa shape index (κ3) is 2.27. The first kappa shape index (κ1) is 11.4. The Morgan fingerprint density at radius 1 is 1.44 bits per heavy atom. The lowest BCUT2D eigenvalue weighted by Gasteiger charge is -2.25. The van der Waals surface area contributed by atoms with Crippen molar-refractivity contribution in [1.82, 2.24) is 25.0 Å². The van der Waals surface area contributed by atoms with Gasteiger partial charge in [0.25, 0.3) is 0 Å². The molecule has 0 aromatic carbocycles. The zero-order valence-corrected chi connectivity index (χ0v) is 10.7. The van der Waals surface area contributed by atoms with Gasteiger partial charge in [0.05, 0.1) is 13.2 Å². The highest BCUT2D eigenvalue weighted by Gasteiger charge is 2.15. The number of aryl methyl sites for hydroxylation is 1. The molecule has 0 radical (unpaired) electrons. The molecule has 0 spiro atoms. The highest BCUT2D eigenvalue weighted by molar-refractivity contribution is 7.06. The number of nitrogens with zero attached hydrogens (tertiary/aromatic N) is 6. The maximum atomic E-state index is 5.29. The van der Waals surface area contributed by atoms with Gasteiger partial charge in [-0.05, 0) is 0 Å². The minimum absolute atomic E-state index is 0.497. The van der Waals surface area contributed by atoms with Crippen LogP contribution in [0.4, 0.5) is 11.9 Å². The van der Waals surface area contributed by atoms with Crippen molar-refractivity contribution in [1.29, 1.82) is 0 Å². The molecule has 2 aromatic rings. The Labute approximate surface area is 107 Å². The number of hydrogen-bond donors (Lipinski definition) is 1. The Morgan fingerprint density at radius 3 is 3.00 bits per heavy atom. The van der Waals surface area contributed by atoms with E-state index in [0.717, 1.165) is 17.9 Å². The van der Waals surface area contributed by atoms with Gasteiger partial charge in [0, 0.05) is 20.1 Å². The molecule has 2 aromatic heterocycles. The monoisotopic (exact) mass is 267 g/mol. The van der Waals surface area contributed by atoms with Crippen LogP contribution in [0.15, 0.2) is 10.5 Å². The van der Waals surface area contributed by atoms with E-state index in [2.05, 4.69) is 30.2 Å². The Hall–Kier alpha value is -1.74. The van der Waals surface area contributed by atoms with Crippen molar-refractivity contribution < 1.29 is 4.74 Å². The number of rotatable bonds is 2. The second-order valence-electron chi connectivity index (χ2n) is 3.82. The van der Waals surface area contributed by atoms with Crippen LogP contribution in [0.3, 0.4) is 0 Å². The summed E-state index contributed by atoms with van der Waals surface area (Å²) >= 11 is 1.45. The van der Waals surface area contributed by atoms with Crippen LogP contribution in [0.25, 0.3) is 0 Å². The van der Waals surface area contributed by atoms with Gasteiger partial charge in [0.15, 0.2) is 0 Å². The number of H-pyrrole nitrogens is 1. The highest BCUT2D eigenvalue weighted by atomic mass is 32.1. The molecular formula is C9H13N7OS. The maximum Gasteiger partial charge on any atom is 0.249 e. The smallest absolute Gasteiger partial charge is 0.249 e. The predicted octanol–water partition coefficient (Wildman–Crippen LogP) is -0.331. The number of anilines is 1. The lowest BCUT2D eigenvalue weighted by molar-refractivity contribution is 0.122. The van der Waals surface area contributed by atoms with Gasteiger partial charge in [-0.2, -0.15) is 15.1 Å². The number of morpholine rings is 1. The first-order chi connectivity index (χ1) is 8.83. The summed E-state index contributed by atoms with van der Waals surface area (Å²) in [7, 11) is 1.84. The Morgan fingerprint density at radius 2 is 2.28 bits per heavy atom. The van der Waals surface area contributed by atoms with E-state index < -0.39 is 0 Å². The highest BCUT2D eigenvalue weighted by Crippen LogP contribution is 2.12. The first-order valence-electron chi connectivity index (χ1n) is 5.59. The van der Waals surface area contributed by atoms with Gasteiger partial charge < -0.3 is 9.64 Å². The SMILES string of the molecule is Cn1ncs/c1=N\c1nc(N2CCOCC2)n[nH]1. The molecule has 3 heterocycles. The standard InChI is InChI=1S/C9H13N7OS/c1-15-9(18-6-10-15)12-7-11-8(14-13-7)16-2-4-17-5-3-16/h6H,2-5H2,1H3,(H,11,13,14)/b12-9-. The summed E-state index contributed by atoms with van der Waals surface area (Å²) in [5.41, 5.74) is 1.73. The van der Waals surface area contributed by atoms with E-state index in [1.165, 1.54) is 11.3 Å². The van der Waals surface area contributed by atoms with Gasteiger partial charge in [-0.25, -0.2) is 9.78 Å². The molecule has 1 aliphatic rings. The lowest BCUT2D eigenvalue weighted by atomic mass is 10.4. The summed E-state index contributed by atoms with van der Waals surface area (Å²) in [4.78, 5) is 11.6. The Bertz CT molecular complexity index is 580. The first-order valence-corrected chi connectivity index (χ1v) is 6.47. The second-order valence-corrected chi connectivity index (χ2v) is 4.63. The van der Waals surface area contributed by atoms with Crippen molar-refractivity contribution in [2.45, 2.75) is 0 Å². The molecule has 0 amide bonds. The van der Waals surface area contributed by atoms with Crippen LogP contribution in [-0.4, -0.2) is 51.3 Å². The summed E-state index contributed by atoms with van der Waals surface area (Å²) in [5.74, 6) is 1.17. The number of aromatic nitrogens is 5. The zero-order chi connectivity index (χ0) is 12.4. The largest absolute Gasteiger partial charge is 0.378 e. The van der Waals surface area contributed by atoms with Gasteiger partial charge >= 0.3 is 0 Å². The fraction of sp³-hybridized carbons (Fsp3) is 0.556. The van der Waals surface area contributed by atoms with Crippen molar-refractivity contribution in [3.63, 3.8) is 0 Å². The third-order valence-electron chi connectivity index (χ3n) is 2.61. The second kappa shape index (κ2) is 4.86. The van der Waals surface area contributed by atoms with Crippen LogP contribution in [0.5, 0.6) is 0 Å². The average molecular weight is 267 g/mol. The van der Waals surface area contributed by atoms with Gasteiger partial charge in [-0.3, -0.25) is 0 Å². The molecule has 0 bridgehead atoms. The van der Waals surface area contributed by atoms with Crippen molar-refractivity contribution in [2.75, 3.05) is 31.2 Å². The summed E-state index contributed by atoms with van der Waals surface area (Å²) < 4.78 is 6.98. The molecule has 8 nitrogen and oxygen atoms in total. The fourth-order valence-corrected chi connectivity index (χ4v) is 2.28. The molecule has 9 heteroatoms. The molecule has 3 rings (SSSR count). The predicted molar refractivity (Wildman–Crippen MR) is 65.7 cm³/mol. The van der Waals surface area contributed by atoms with Crippen LogP contribution in [0.2, 0.25) is 0 Å². The Kier molecular flexibility index (Phi) is 3.07. The summed E-state index contributed by atoms with van der Waals surface area (Å²) in [5, 5.41) is 11.1. The van der Waals surface area contributed by atoms with Gasteiger partial charge in [0.1, 0.15) is 5.51 Å². The van der Waals surface area contributed by atoms with Crippen LogP contribution in [0, 0.1) is 0 Å². The molecule has 96 valence electrons. The maximum absolute atomic E-state index is 5.29. The van der Waals surface area contributed by atoms with Crippen molar-refractivity contribution in [2.24, 2.45) is 12.0 Å². The van der Waals surface area contributed by atoms with Gasteiger partial charge in [0.2, 0.25) is 16.7 Å². The molecular weight excluding hydrogens is 254 g/mol. The summed E-state index contributed by atoms with van der Waals surface area (Å²) in [6, 6.07) is 0. The van der Waals surface area contributed by atoms with Crippen LogP contribution < -0.4 is 9.70 Å². The van der Waals surface area contributed by atoms with Gasteiger partial charge in [-0.1, -0.05) is 11.3 Å². The lowest BCUT2D eigenvalue weighted by Crippen LogP contribution is -2.36. The van der Waals surface area contributed by atoms with E-state index in [9.17, 15) is 0 Å². The van der Waals surface area contributed by atoms with E-state index in [-0.39, 0.29) is 0 Å². The normalized spacial score (nSPS) is 17.4. The van der Waals surface area contributed by atoms with Gasteiger partial charge in [-0.15, -0.1) is 5.10 Å². The topological polar surface area (TPSA) is 84.2 Å². The molecule has 1 saturated heterocycles. The minimum Gasteiger partial charge on any atom is -0.378 e. The molecule has 0 unspecified atom stereocenters. The van der Waals surface area contributed by atoms with E-state index in [1.54, 1.807) is 10.2 Å². The molecule has 0 aliphatic carbocycles. The van der Waals surface area contributed by atoms with Crippen LogP contribution >= 0.6 is 11.3 Å². The van der Waals surface area contributed by atoms with E-state index in [0.29, 0.717) is 25.1 Å². The molecule has 0 atom stereocenters. The average Bonchev–Trinajstić information content (AvgIpc) is 3.02. The summed E-state index contributed by atoms with van der Waals surface area (Å²) in [6.45, 7) is 3.05. The molecule has 1 N–H and O–H groups in total. The number of aromatic amines is 1. The molecule has 0 saturated carbocycles. The number of ether oxygens (including phenoxy) is 1. The van der Waals surface area contributed by atoms with Crippen molar-refractivity contribution >= 4 is 23.2 Å². The number of nitrogens with one attached hydrogen (secondary N) is 1. The quantitative estimate of drug-likeness (QED) is 0.805. The van der Waals surface area contributed by atoms with Crippen molar-refractivity contribution in [3.8, 4) is 0 Å². The molecule has 1 aliphatic heterocycles. The summed E-state index contributed by atoms with van der Waals surface area (Å²) in [6.07, 6.45) is 0. The molecule has 1 fully saturated rings. The van der Waals surface area contributed by atoms with E-state index >= 15 is 0 Å². The zero-order valence-electron chi connectivity index (χ0n) is 9.91. The fourth-order valence-electron chi connectivity index (χ4n) is 1.66. The number of hydrogen-bond acceptors (Lipinski definition) is 7. The van der Waals surface area contributed by atoms with E-state index in [4.69, 9.17) is 4.74 Å².